The van der Waals surface area contributed by atoms with Crippen LogP contribution in [-0.2, 0) is 4.79 Å². The van der Waals surface area contributed by atoms with E-state index in [1.807, 2.05) is 13.8 Å². The molecule has 9 heteroatoms. The zero-order valence-electron chi connectivity index (χ0n) is 12.8. The Morgan fingerprint density at radius 1 is 1.39 bits per heavy atom. The summed E-state index contributed by atoms with van der Waals surface area (Å²) in [6.07, 6.45) is 0.787. The van der Waals surface area contributed by atoms with E-state index in [9.17, 15) is 19.7 Å². The minimum atomic E-state index is -0.712. The van der Waals surface area contributed by atoms with E-state index in [-0.39, 0.29) is 16.5 Å². The fourth-order valence-corrected chi connectivity index (χ4v) is 1.75. The highest BCUT2D eigenvalue weighted by molar-refractivity contribution is 6.30. The first-order valence-corrected chi connectivity index (χ1v) is 7.31. The van der Waals surface area contributed by atoms with Gasteiger partial charge in [0, 0.05) is 17.6 Å². The molecule has 8 nitrogen and oxygen atoms in total. The summed E-state index contributed by atoms with van der Waals surface area (Å²) >= 11 is 5.67. The zero-order valence-corrected chi connectivity index (χ0v) is 13.6. The van der Waals surface area contributed by atoms with Crippen LogP contribution in [0.3, 0.4) is 0 Å². The van der Waals surface area contributed by atoms with Crippen LogP contribution in [-0.4, -0.2) is 30.0 Å². The number of hydrogen-bond donors (Lipinski definition) is 2. The van der Waals surface area contributed by atoms with Crippen molar-refractivity contribution in [1.29, 1.82) is 0 Å². The second kappa shape index (κ2) is 8.94. The number of halogens is 1. The number of nitrogens with one attached hydrogen (secondary N) is 2. The Labute approximate surface area is 138 Å². The number of carbonyl (C=O) groups excluding carboxylic acids is 2. The largest absolute Gasteiger partial charge is 0.477 e. The number of nitrogens with zero attached hydrogens (tertiary/aromatic N) is 1. The average Bonchev–Trinajstić information content (AvgIpc) is 2.45. The van der Waals surface area contributed by atoms with Crippen molar-refractivity contribution < 1.29 is 19.2 Å². The van der Waals surface area contributed by atoms with E-state index in [1.54, 1.807) is 0 Å². The molecule has 0 radical (unpaired) electrons. The van der Waals surface area contributed by atoms with Gasteiger partial charge in [-0.25, -0.2) is 4.79 Å². The molecule has 0 aromatic heterocycles. The topological polar surface area (TPSA) is 111 Å². The zero-order chi connectivity index (χ0) is 17.4. The molecule has 0 saturated carbocycles. The van der Waals surface area contributed by atoms with E-state index >= 15 is 0 Å². The van der Waals surface area contributed by atoms with E-state index in [4.69, 9.17) is 16.3 Å². The quantitative estimate of drug-likeness (QED) is 0.583. The normalized spacial score (nSPS) is 10.3. The smallest absolute Gasteiger partial charge is 0.321 e. The van der Waals surface area contributed by atoms with Crippen LogP contribution in [0.25, 0.3) is 0 Å². The van der Waals surface area contributed by atoms with Gasteiger partial charge in [0.25, 0.3) is 5.91 Å². The number of imide groups is 1. The molecular weight excluding hydrogens is 326 g/mol. The van der Waals surface area contributed by atoms with Gasteiger partial charge in [-0.2, -0.15) is 0 Å². The van der Waals surface area contributed by atoms with Crippen LogP contribution in [0, 0.1) is 16.0 Å². The molecule has 3 amide bonds. The number of benzene rings is 1. The Bertz CT molecular complexity index is 592. The predicted molar refractivity (Wildman–Crippen MR) is 84.6 cm³/mol. The number of hydrogen-bond acceptors (Lipinski definition) is 5. The highest BCUT2D eigenvalue weighted by Crippen LogP contribution is 2.29. The van der Waals surface area contributed by atoms with Gasteiger partial charge in [-0.3, -0.25) is 20.2 Å². The number of urea groups is 1. The van der Waals surface area contributed by atoms with Gasteiger partial charge in [0.15, 0.2) is 12.4 Å². The van der Waals surface area contributed by atoms with Gasteiger partial charge >= 0.3 is 11.7 Å². The number of amides is 3. The molecule has 0 aliphatic heterocycles. The first-order valence-electron chi connectivity index (χ1n) is 6.94. The van der Waals surface area contributed by atoms with Crippen molar-refractivity contribution in [2.45, 2.75) is 20.3 Å². The second-order valence-electron chi connectivity index (χ2n) is 5.14. The van der Waals surface area contributed by atoms with Gasteiger partial charge in [-0.05, 0) is 24.5 Å². The monoisotopic (exact) mass is 343 g/mol. The molecule has 2 N–H and O–H groups in total. The summed E-state index contributed by atoms with van der Waals surface area (Å²) in [7, 11) is 0. The number of rotatable bonds is 7. The van der Waals surface area contributed by atoms with Gasteiger partial charge in [0.1, 0.15) is 0 Å². The lowest BCUT2D eigenvalue weighted by atomic mass is 10.1. The molecule has 0 bridgehead atoms. The van der Waals surface area contributed by atoms with Crippen LogP contribution in [0.5, 0.6) is 5.75 Å². The van der Waals surface area contributed by atoms with Gasteiger partial charge in [-0.1, -0.05) is 25.4 Å². The maximum atomic E-state index is 11.6. The summed E-state index contributed by atoms with van der Waals surface area (Å²) in [5, 5.41) is 15.7. The Balaban J connectivity index is 2.47. The molecule has 1 rings (SSSR count). The molecule has 1 aromatic carbocycles. The van der Waals surface area contributed by atoms with E-state index < -0.39 is 23.5 Å². The number of carbonyl (C=O) groups is 2. The third-order valence-corrected chi connectivity index (χ3v) is 2.97. The minimum Gasteiger partial charge on any atom is -0.477 e. The molecular formula is C14H18ClN3O5. The molecule has 0 aliphatic rings. The van der Waals surface area contributed by atoms with Crippen LogP contribution in [0.15, 0.2) is 18.2 Å². The molecule has 23 heavy (non-hydrogen) atoms. The molecule has 0 heterocycles. The lowest BCUT2D eigenvalue weighted by Crippen LogP contribution is -2.42. The van der Waals surface area contributed by atoms with Crippen molar-refractivity contribution in [2.75, 3.05) is 13.2 Å². The van der Waals surface area contributed by atoms with E-state index in [0.717, 1.165) is 12.5 Å². The van der Waals surface area contributed by atoms with Crippen molar-refractivity contribution in [2.24, 2.45) is 5.92 Å². The third kappa shape index (κ3) is 6.96. The summed E-state index contributed by atoms with van der Waals surface area (Å²) in [5.74, 6) is -0.383. The van der Waals surface area contributed by atoms with E-state index in [1.165, 1.54) is 12.1 Å². The van der Waals surface area contributed by atoms with Gasteiger partial charge < -0.3 is 10.1 Å². The molecule has 126 valence electrons. The lowest BCUT2D eigenvalue weighted by Gasteiger charge is -2.09. The Morgan fingerprint density at radius 2 is 2.09 bits per heavy atom. The van der Waals surface area contributed by atoms with Crippen LogP contribution in [0.1, 0.15) is 20.3 Å². The van der Waals surface area contributed by atoms with Crippen molar-refractivity contribution >= 4 is 29.2 Å². The van der Waals surface area contributed by atoms with Gasteiger partial charge in [-0.15, -0.1) is 0 Å². The predicted octanol–water partition coefficient (Wildman–Crippen LogP) is 2.50. The van der Waals surface area contributed by atoms with Crippen molar-refractivity contribution in [1.82, 2.24) is 10.6 Å². The van der Waals surface area contributed by atoms with Gasteiger partial charge in [0.2, 0.25) is 0 Å². The Morgan fingerprint density at radius 3 is 2.70 bits per heavy atom. The van der Waals surface area contributed by atoms with Crippen molar-refractivity contribution in [3.05, 3.63) is 33.3 Å². The molecule has 1 aromatic rings. The molecule has 0 unspecified atom stereocenters. The number of nitro benzene ring substituents is 1. The fraction of sp³-hybridized carbons (Fsp3) is 0.429. The fourth-order valence-electron chi connectivity index (χ4n) is 1.58. The molecule has 0 saturated heterocycles. The molecule has 0 aliphatic carbocycles. The first-order chi connectivity index (χ1) is 10.8. The van der Waals surface area contributed by atoms with Crippen LogP contribution >= 0.6 is 11.6 Å². The summed E-state index contributed by atoms with van der Waals surface area (Å²) in [4.78, 5) is 33.2. The maximum Gasteiger partial charge on any atom is 0.321 e. The van der Waals surface area contributed by atoms with E-state index in [0.29, 0.717) is 12.5 Å². The Kier molecular flexibility index (Phi) is 7.27. The average molecular weight is 344 g/mol. The highest BCUT2D eigenvalue weighted by Gasteiger charge is 2.17. The number of nitro groups is 1. The third-order valence-electron chi connectivity index (χ3n) is 2.74. The lowest BCUT2D eigenvalue weighted by molar-refractivity contribution is -0.385. The summed E-state index contributed by atoms with van der Waals surface area (Å²) in [6, 6.07) is 3.18. The standard InChI is InChI=1S/C14H18ClN3O5/c1-9(2)5-6-16-14(20)17-13(19)8-23-12-4-3-10(15)7-11(12)18(21)22/h3-4,7,9H,5-6,8H2,1-2H3,(H2,16,17,19,20). The van der Waals surface area contributed by atoms with Crippen LogP contribution in [0.2, 0.25) is 5.02 Å². The summed E-state index contributed by atoms with van der Waals surface area (Å²) in [6.45, 7) is 3.94. The maximum absolute atomic E-state index is 11.6. The first kappa shape index (κ1) is 18.7. The van der Waals surface area contributed by atoms with Crippen LogP contribution < -0.4 is 15.4 Å². The minimum absolute atomic E-state index is 0.102. The van der Waals surface area contributed by atoms with Crippen molar-refractivity contribution in [3.63, 3.8) is 0 Å². The molecule has 0 atom stereocenters. The summed E-state index contributed by atoms with van der Waals surface area (Å²) in [5.41, 5.74) is -0.355. The Hall–Kier alpha value is -2.35. The SMILES string of the molecule is CC(C)CCNC(=O)NC(=O)COc1ccc(Cl)cc1[N+](=O)[O-]. The van der Waals surface area contributed by atoms with Gasteiger partial charge in [0.05, 0.1) is 4.92 Å². The summed E-state index contributed by atoms with van der Waals surface area (Å²) < 4.78 is 5.07. The van der Waals surface area contributed by atoms with E-state index in [2.05, 4.69) is 10.6 Å². The molecule has 0 fully saturated rings. The van der Waals surface area contributed by atoms with Crippen LogP contribution in [0.4, 0.5) is 10.5 Å². The number of ether oxygens (including phenoxy) is 1. The highest BCUT2D eigenvalue weighted by atomic mass is 35.5. The van der Waals surface area contributed by atoms with Crippen molar-refractivity contribution in [3.8, 4) is 5.75 Å². The second-order valence-corrected chi connectivity index (χ2v) is 5.58. The molecule has 0 spiro atoms.